The van der Waals surface area contributed by atoms with Gasteiger partial charge in [-0.2, -0.15) is 5.26 Å². The highest BCUT2D eigenvalue weighted by molar-refractivity contribution is 5.90. The maximum Gasteiger partial charge on any atom is 0.293 e. The van der Waals surface area contributed by atoms with Gasteiger partial charge in [0.1, 0.15) is 11.6 Å². The first kappa shape index (κ1) is 13.8. The third-order valence-electron chi connectivity index (χ3n) is 2.77. The molecule has 0 spiro atoms. The first-order valence-electron chi connectivity index (χ1n) is 6.34. The van der Waals surface area contributed by atoms with E-state index in [9.17, 15) is 4.79 Å². The monoisotopic (exact) mass is 273 g/mol. The number of carbonyl (C=O) groups excluding carboxylic acids is 1. The Kier molecular flexibility index (Phi) is 4.50. The number of H-pyrrole nitrogens is 1. The van der Waals surface area contributed by atoms with Crippen molar-refractivity contribution in [3.63, 3.8) is 0 Å². The van der Waals surface area contributed by atoms with Crippen LogP contribution in [0.15, 0.2) is 22.8 Å². The smallest absolute Gasteiger partial charge is 0.293 e. The van der Waals surface area contributed by atoms with Crippen LogP contribution in [0.2, 0.25) is 0 Å². The average Bonchev–Trinajstić information content (AvgIpc) is 3.13. The van der Waals surface area contributed by atoms with Crippen molar-refractivity contribution in [1.82, 2.24) is 20.1 Å². The lowest BCUT2D eigenvalue weighted by Gasteiger charge is -2.18. The van der Waals surface area contributed by atoms with Crippen LogP contribution in [-0.4, -0.2) is 32.5 Å². The molecule has 2 heterocycles. The van der Waals surface area contributed by atoms with Crippen molar-refractivity contribution < 1.29 is 9.21 Å². The summed E-state index contributed by atoms with van der Waals surface area (Å²) in [7, 11) is 0. The van der Waals surface area contributed by atoms with Gasteiger partial charge in [-0.15, -0.1) is 5.10 Å². The van der Waals surface area contributed by atoms with Crippen LogP contribution >= 0.6 is 0 Å². The molecule has 0 aromatic carbocycles. The standard InChI is InChI=1S/C13H15N5O2/c1-2-11-15-12(17-16-11)13(19)18(7-4-6-14)9-10-5-3-8-20-10/h3,5,8H,2,4,7,9H2,1H3,(H,15,16,17). The molecular weight excluding hydrogens is 258 g/mol. The topological polar surface area (TPSA) is 98.8 Å². The minimum Gasteiger partial charge on any atom is -0.467 e. The van der Waals surface area contributed by atoms with Crippen LogP contribution in [0.4, 0.5) is 0 Å². The molecule has 104 valence electrons. The van der Waals surface area contributed by atoms with Crippen molar-refractivity contribution in [2.45, 2.75) is 26.3 Å². The van der Waals surface area contributed by atoms with Crippen molar-refractivity contribution in [3.8, 4) is 6.07 Å². The van der Waals surface area contributed by atoms with E-state index in [2.05, 4.69) is 15.2 Å². The highest BCUT2D eigenvalue weighted by Crippen LogP contribution is 2.09. The molecule has 0 aliphatic carbocycles. The van der Waals surface area contributed by atoms with E-state index in [0.29, 0.717) is 31.1 Å². The van der Waals surface area contributed by atoms with Crippen molar-refractivity contribution >= 4 is 5.91 Å². The number of amides is 1. The van der Waals surface area contributed by atoms with Crippen molar-refractivity contribution in [3.05, 3.63) is 35.8 Å². The SMILES string of the molecule is CCc1nc(C(=O)N(CCC#N)Cc2ccco2)n[nH]1. The number of aryl methyl sites for hydroxylation is 1. The Labute approximate surface area is 116 Å². The van der Waals surface area contributed by atoms with Gasteiger partial charge in [0, 0.05) is 13.0 Å². The number of aromatic amines is 1. The number of nitrogens with one attached hydrogen (secondary N) is 1. The Morgan fingerprint density at radius 3 is 3.05 bits per heavy atom. The van der Waals surface area contributed by atoms with Gasteiger partial charge >= 0.3 is 0 Å². The van der Waals surface area contributed by atoms with E-state index >= 15 is 0 Å². The maximum atomic E-state index is 12.3. The fourth-order valence-corrected chi connectivity index (χ4v) is 1.72. The van der Waals surface area contributed by atoms with Gasteiger partial charge < -0.3 is 9.32 Å². The minimum absolute atomic E-state index is 0.117. The van der Waals surface area contributed by atoms with E-state index in [1.165, 1.54) is 4.90 Å². The number of hydrogen-bond donors (Lipinski definition) is 1. The van der Waals surface area contributed by atoms with E-state index in [0.717, 1.165) is 0 Å². The molecule has 2 aromatic heterocycles. The molecule has 0 radical (unpaired) electrons. The van der Waals surface area contributed by atoms with E-state index < -0.39 is 0 Å². The number of rotatable bonds is 6. The highest BCUT2D eigenvalue weighted by Gasteiger charge is 2.21. The summed E-state index contributed by atoms with van der Waals surface area (Å²) in [6.07, 6.45) is 2.47. The van der Waals surface area contributed by atoms with Crippen LogP contribution in [0.5, 0.6) is 0 Å². The Hall–Kier alpha value is -2.62. The van der Waals surface area contributed by atoms with Crippen molar-refractivity contribution in [2.75, 3.05) is 6.54 Å². The second-order valence-corrected chi connectivity index (χ2v) is 4.17. The molecule has 20 heavy (non-hydrogen) atoms. The molecule has 7 heteroatoms. The normalized spacial score (nSPS) is 10.2. The zero-order valence-electron chi connectivity index (χ0n) is 11.2. The quantitative estimate of drug-likeness (QED) is 0.860. The highest BCUT2D eigenvalue weighted by atomic mass is 16.3. The number of hydrogen-bond acceptors (Lipinski definition) is 5. The Bertz CT molecular complexity index is 597. The van der Waals surface area contributed by atoms with Gasteiger partial charge in [0.25, 0.3) is 5.91 Å². The lowest BCUT2D eigenvalue weighted by molar-refractivity contribution is 0.0723. The molecule has 7 nitrogen and oxygen atoms in total. The maximum absolute atomic E-state index is 12.3. The third kappa shape index (κ3) is 3.23. The third-order valence-corrected chi connectivity index (χ3v) is 2.77. The van der Waals surface area contributed by atoms with Crippen molar-refractivity contribution in [1.29, 1.82) is 5.26 Å². The fraction of sp³-hybridized carbons (Fsp3) is 0.385. The molecule has 2 rings (SSSR count). The van der Waals surface area contributed by atoms with Crippen molar-refractivity contribution in [2.24, 2.45) is 0 Å². The lowest BCUT2D eigenvalue weighted by atomic mass is 10.3. The lowest BCUT2D eigenvalue weighted by Crippen LogP contribution is -2.32. The summed E-state index contributed by atoms with van der Waals surface area (Å²) >= 11 is 0. The van der Waals surface area contributed by atoms with Gasteiger partial charge in [-0.3, -0.25) is 9.89 Å². The predicted octanol–water partition coefficient (Wildman–Crippen LogP) is 1.52. The summed E-state index contributed by atoms with van der Waals surface area (Å²) in [5, 5.41) is 15.3. The zero-order valence-corrected chi connectivity index (χ0v) is 11.2. The summed E-state index contributed by atoms with van der Waals surface area (Å²) in [6.45, 7) is 2.53. The van der Waals surface area contributed by atoms with Gasteiger partial charge in [0.05, 0.1) is 25.3 Å². The molecule has 0 saturated carbocycles. The molecule has 1 amide bonds. The largest absolute Gasteiger partial charge is 0.467 e. The number of carbonyl (C=O) groups is 1. The van der Waals surface area contributed by atoms with Crippen LogP contribution in [0.3, 0.4) is 0 Å². The molecule has 0 aliphatic heterocycles. The Morgan fingerprint density at radius 2 is 2.45 bits per heavy atom. The van der Waals surface area contributed by atoms with Gasteiger partial charge in [-0.25, -0.2) is 4.98 Å². The molecule has 0 bridgehead atoms. The van der Waals surface area contributed by atoms with Gasteiger partial charge in [0.15, 0.2) is 0 Å². The molecule has 0 fully saturated rings. The number of aromatic nitrogens is 3. The van der Waals surface area contributed by atoms with Crippen LogP contribution in [-0.2, 0) is 13.0 Å². The number of nitriles is 1. The van der Waals surface area contributed by atoms with E-state index in [1.54, 1.807) is 18.4 Å². The van der Waals surface area contributed by atoms with Gasteiger partial charge in [-0.1, -0.05) is 6.92 Å². The van der Waals surface area contributed by atoms with E-state index in [-0.39, 0.29) is 18.2 Å². The van der Waals surface area contributed by atoms with Crippen LogP contribution in [0.25, 0.3) is 0 Å². The summed E-state index contributed by atoms with van der Waals surface area (Å²) < 4.78 is 5.23. The second-order valence-electron chi connectivity index (χ2n) is 4.17. The summed E-state index contributed by atoms with van der Waals surface area (Å²) in [6, 6.07) is 5.56. The Morgan fingerprint density at radius 1 is 1.60 bits per heavy atom. The van der Waals surface area contributed by atoms with Crippen LogP contribution in [0.1, 0.15) is 35.5 Å². The molecule has 0 unspecified atom stereocenters. The van der Waals surface area contributed by atoms with Crippen LogP contribution < -0.4 is 0 Å². The van der Waals surface area contributed by atoms with Gasteiger partial charge in [0.2, 0.25) is 5.82 Å². The molecule has 1 N–H and O–H groups in total. The second kappa shape index (κ2) is 6.52. The van der Waals surface area contributed by atoms with Crippen LogP contribution in [0, 0.1) is 11.3 Å². The summed E-state index contributed by atoms with van der Waals surface area (Å²) in [5.74, 6) is 1.12. The number of furan rings is 1. The molecule has 0 atom stereocenters. The van der Waals surface area contributed by atoms with E-state index in [4.69, 9.17) is 9.68 Å². The minimum atomic E-state index is -0.312. The molecule has 0 saturated heterocycles. The number of nitrogens with zero attached hydrogens (tertiary/aromatic N) is 4. The first-order valence-corrected chi connectivity index (χ1v) is 6.34. The molecule has 2 aromatic rings. The summed E-state index contributed by atoms with van der Waals surface area (Å²) in [4.78, 5) is 18.0. The first-order chi connectivity index (χ1) is 9.74. The Balaban J connectivity index is 2.12. The zero-order chi connectivity index (χ0) is 14.4. The fourth-order valence-electron chi connectivity index (χ4n) is 1.72. The molecule has 0 aliphatic rings. The molecular formula is C13H15N5O2. The predicted molar refractivity (Wildman–Crippen MR) is 69.4 cm³/mol. The summed E-state index contributed by atoms with van der Waals surface area (Å²) in [5.41, 5.74) is 0. The van der Waals surface area contributed by atoms with E-state index in [1.807, 2.05) is 13.0 Å². The van der Waals surface area contributed by atoms with Gasteiger partial charge in [-0.05, 0) is 12.1 Å². The average molecular weight is 273 g/mol.